The summed E-state index contributed by atoms with van der Waals surface area (Å²) in [5.74, 6) is -12.8. The van der Waals surface area contributed by atoms with E-state index in [9.17, 15) is 31.9 Å². The molecule has 2 N–H and O–H groups in total. The molecule has 1 aromatic heterocycles. The highest BCUT2D eigenvalue weighted by atomic mass is 35.5. The van der Waals surface area contributed by atoms with Gasteiger partial charge in [0.15, 0.2) is 34.7 Å². The van der Waals surface area contributed by atoms with Crippen molar-refractivity contribution in [1.82, 2.24) is 9.55 Å². The van der Waals surface area contributed by atoms with Crippen LogP contribution in [0.15, 0.2) is 54.9 Å². The van der Waals surface area contributed by atoms with Crippen LogP contribution >= 0.6 is 23.2 Å². The molecule has 7 nitrogen and oxygen atoms in total. The Morgan fingerprint density at radius 3 is 2.07 bits per heavy atom. The molecule has 0 radical (unpaired) electrons. The lowest BCUT2D eigenvalue weighted by molar-refractivity contribution is -0.252. The van der Waals surface area contributed by atoms with E-state index in [4.69, 9.17) is 32.7 Å². The van der Waals surface area contributed by atoms with E-state index in [-0.39, 0.29) is 22.6 Å². The van der Waals surface area contributed by atoms with Gasteiger partial charge in [0.2, 0.25) is 5.82 Å². The Bertz CT molecular complexity index is 1590. The largest absolute Gasteiger partial charge is 0.392 e. The summed E-state index contributed by atoms with van der Waals surface area (Å²) in [5, 5.41) is 11.9. The molecule has 1 amide bonds. The average molecular weight is 628 g/mol. The third-order valence-corrected chi connectivity index (χ3v) is 7.40. The standard InChI is InChI=1S/C28H20Cl2F5N3O4/c29-25-26(30)38(12-36-25)10-17-9-18(14-3-1-13(11-39)2-4-14)42-28(41-17)15-5-7-16(8-6-15)37-27(40)19-20(31)22(33)24(35)23(34)21(19)32/h1-8,12,17-18,28,39H,9-11H2,(H,37,40)/t17-,18+,28+/m1/s1. The molecule has 14 heteroatoms. The zero-order chi connectivity index (χ0) is 30.1. The molecule has 4 aromatic rings. The number of hydrogen-bond donors (Lipinski definition) is 2. The summed E-state index contributed by atoms with van der Waals surface area (Å²) in [6.45, 7) is 0.174. The molecule has 0 aliphatic carbocycles. The van der Waals surface area contributed by atoms with Crippen LogP contribution in [0.4, 0.5) is 27.6 Å². The predicted molar refractivity (Wildman–Crippen MR) is 141 cm³/mol. The number of aliphatic hydroxyl groups is 1. The van der Waals surface area contributed by atoms with Crippen molar-refractivity contribution in [3.05, 3.63) is 117 Å². The summed E-state index contributed by atoms with van der Waals surface area (Å²) in [7, 11) is 0. The maximum Gasteiger partial charge on any atom is 0.261 e. The third kappa shape index (κ3) is 5.99. The highest BCUT2D eigenvalue weighted by molar-refractivity contribution is 6.40. The molecule has 1 saturated heterocycles. The second kappa shape index (κ2) is 12.4. The molecule has 220 valence electrons. The van der Waals surface area contributed by atoms with Crippen LogP contribution in [-0.4, -0.2) is 26.7 Å². The molecule has 0 spiro atoms. The summed E-state index contributed by atoms with van der Waals surface area (Å²) < 4.78 is 82.6. The fourth-order valence-corrected chi connectivity index (χ4v) is 4.76. The van der Waals surface area contributed by atoms with Crippen LogP contribution in [0.1, 0.15) is 45.9 Å². The number of ether oxygens (including phenoxy) is 2. The number of carbonyl (C=O) groups excluding carboxylic acids is 1. The Balaban J connectivity index is 1.37. The lowest BCUT2D eigenvalue weighted by Crippen LogP contribution is -2.32. The molecule has 42 heavy (non-hydrogen) atoms. The maximum atomic E-state index is 14.1. The lowest BCUT2D eigenvalue weighted by atomic mass is 10.00. The van der Waals surface area contributed by atoms with Gasteiger partial charge in [-0.15, -0.1) is 0 Å². The molecule has 0 bridgehead atoms. The average Bonchev–Trinajstić information content (AvgIpc) is 3.31. The first-order valence-electron chi connectivity index (χ1n) is 12.4. The van der Waals surface area contributed by atoms with Crippen LogP contribution in [0.2, 0.25) is 10.3 Å². The number of nitrogens with one attached hydrogen (secondary N) is 1. The summed E-state index contributed by atoms with van der Waals surface area (Å²) in [6.07, 6.45) is 0.127. The molecule has 1 aliphatic heterocycles. The van der Waals surface area contributed by atoms with Crippen LogP contribution in [0.5, 0.6) is 0 Å². The van der Waals surface area contributed by atoms with Gasteiger partial charge in [-0.25, -0.2) is 26.9 Å². The lowest BCUT2D eigenvalue weighted by Gasteiger charge is -2.36. The summed E-state index contributed by atoms with van der Waals surface area (Å²) in [5.41, 5.74) is 0.455. The minimum atomic E-state index is -2.36. The number of carbonyl (C=O) groups is 1. The van der Waals surface area contributed by atoms with Crippen molar-refractivity contribution >= 4 is 34.8 Å². The quantitative estimate of drug-likeness (QED) is 0.133. The molecule has 0 saturated carbocycles. The van der Waals surface area contributed by atoms with Crippen LogP contribution in [0.25, 0.3) is 0 Å². The summed E-state index contributed by atoms with van der Waals surface area (Å²) in [6, 6.07) is 12.9. The van der Waals surface area contributed by atoms with Crippen molar-refractivity contribution in [2.75, 3.05) is 5.32 Å². The molecular weight excluding hydrogens is 608 g/mol. The van der Waals surface area contributed by atoms with Gasteiger partial charge in [0.25, 0.3) is 5.91 Å². The minimum absolute atomic E-state index is 0.0102. The van der Waals surface area contributed by atoms with Crippen molar-refractivity contribution in [3.63, 3.8) is 0 Å². The van der Waals surface area contributed by atoms with E-state index in [1.165, 1.54) is 30.6 Å². The Morgan fingerprint density at radius 1 is 0.905 bits per heavy atom. The van der Waals surface area contributed by atoms with Crippen molar-refractivity contribution in [2.45, 2.75) is 38.1 Å². The van der Waals surface area contributed by atoms with Gasteiger partial charge in [0.1, 0.15) is 10.7 Å². The number of benzene rings is 3. The number of imidazole rings is 1. The summed E-state index contributed by atoms with van der Waals surface area (Å²) in [4.78, 5) is 16.4. The molecule has 0 unspecified atom stereocenters. The number of hydrogen-bond acceptors (Lipinski definition) is 5. The van der Waals surface area contributed by atoms with Crippen LogP contribution in [0.3, 0.4) is 0 Å². The first kappa shape index (κ1) is 29.9. The van der Waals surface area contributed by atoms with E-state index < -0.39 is 59.1 Å². The Morgan fingerprint density at radius 2 is 1.50 bits per heavy atom. The first-order valence-corrected chi connectivity index (χ1v) is 13.1. The van der Waals surface area contributed by atoms with Gasteiger partial charge < -0.3 is 24.5 Å². The number of aromatic nitrogens is 2. The minimum Gasteiger partial charge on any atom is -0.392 e. The fourth-order valence-electron chi connectivity index (χ4n) is 4.44. The molecule has 3 atom stereocenters. The highest BCUT2D eigenvalue weighted by Crippen LogP contribution is 2.39. The van der Waals surface area contributed by atoms with Gasteiger partial charge >= 0.3 is 0 Å². The third-order valence-electron chi connectivity index (χ3n) is 6.63. The number of amides is 1. The van der Waals surface area contributed by atoms with Crippen LogP contribution in [0, 0.1) is 29.1 Å². The first-order chi connectivity index (χ1) is 20.1. The number of rotatable bonds is 7. The molecule has 5 rings (SSSR count). The smallest absolute Gasteiger partial charge is 0.261 e. The van der Waals surface area contributed by atoms with Gasteiger partial charge in [-0.1, -0.05) is 59.6 Å². The van der Waals surface area contributed by atoms with E-state index >= 15 is 0 Å². The number of halogens is 7. The second-order valence-corrected chi connectivity index (χ2v) is 10.1. The van der Waals surface area contributed by atoms with Gasteiger partial charge in [-0.05, 0) is 23.3 Å². The SMILES string of the molecule is O=C(Nc1ccc([C@H]2O[C@@H](Cn3cnc(Cl)c3Cl)C[C@@H](c3ccc(CO)cc3)O2)cc1)c1c(F)c(F)c(F)c(F)c1F. The van der Waals surface area contributed by atoms with Crippen LogP contribution in [-0.2, 0) is 22.6 Å². The Kier molecular flexibility index (Phi) is 8.81. The molecular formula is C28H20Cl2F5N3O4. The van der Waals surface area contributed by atoms with Gasteiger partial charge in [-0.3, -0.25) is 4.79 Å². The van der Waals surface area contributed by atoms with Crippen molar-refractivity contribution in [1.29, 1.82) is 0 Å². The van der Waals surface area contributed by atoms with E-state index in [0.717, 1.165) is 11.1 Å². The van der Waals surface area contributed by atoms with Gasteiger partial charge in [0.05, 0.1) is 31.7 Å². The normalized spacial score (nSPS) is 18.7. The zero-order valence-electron chi connectivity index (χ0n) is 21.3. The molecule has 2 heterocycles. The molecule has 1 aliphatic rings. The number of nitrogens with zero attached hydrogens (tertiary/aromatic N) is 2. The predicted octanol–water partition coefficient (Wildman–Crippen LogP) is 6.88. The summed E-state index contributed by atoms with van der Waals surface area (Å²) >= 11 is 12.2. The topological polar surface area (TPSA) is 85.6 Å². The van der Waals surface area contributed by atoms with E-state index in [2.05, 4.69) is 10.3 Å². The van der Waals surface area contributed by atoms with Crippen molar-refractivity contribution in [3.8, 4) is 0 Å². The molecule has 3 aromatic carbocycles. The van der Waals surface area contributed by atoms with Crippen LogP contribution < -0.4 is 5.32 Å². The Labute approximate surface area is 245 Å². The molecule has 1 fully saturated rings. The Hall–Kier alpha value is -3.55. The zero-order valence-corrected chi connectivity index (χ0v) is 22.8. The second-order valence-electron chi connectivity index (χ2n) is 9.35. The highest BCUT2D eigenvalue weighted by Gasteiger charge is 2.33. The fraction of sp³-hybridized carbons (Fsp3) is 0.214. The monoisotopic (exact) mass is 627 g/mol. The van der Waals surface area contributed by atoms with Gasteiger partial charge in [-0.2, -0.15) is 0 Å². The van der Waals surface area contributed by atoms with Gasteiger partial charge in [0, 0.05) is 17.7 Å². The van der Waals surface area contributed by atoms with Crippen molar-refractivity contribution < 1.29 is 41.3 Å². The number of aliphatic hydroxyl groups excluding tert-OH is 1. The number of anilines is 1. The van der Waals surface area contributed by atoms with E-state index in [1.54, 1.807) is 16.7 Å². The van der Waals surface area contributed by atoms with E-state index in [1.807, 2.05) is 12.1 Å². The van der Waals surface area contributed by atoms with Crippen molar-refractivity contribution in [2.24, 2.45) is 0 Å². The maximum absolute atomic E-state index is 14.1. The van der Waals surface area contributed by atoms with E-state index in [0.29, 0.717) is 18.5 Å².